The summed E-state index contributed by atoms with van der Waals surface area (Å²) in [6.07, 6.45) is 3.16. The topological polar surface area (TPSA) is 43.8 Å². The molecular weight excluding hydrogens is 217 g/mol. The fourth-order valence-corrected chi connectivity index (χ4v) is 1.50. The highest BCUT2D eigenvalue weighted by atomic mass is 35.5. The molecule has 0 aliphatic rings. The van der Waals surface area contributed by atoms with E-state index in [-0.39, 0.29) is 5.82 Å². The first-order valence-corrected chi connectivity index (χ1v) is 4.75. The number of aromatic nitrogens is 2. The molecule has 0 unspecified atom stereocenters. The van der Waals surface area contributed by atoms with Crippen LogP contribution in [0.1, 0.15) is 5.56 Å². The van der Waals surface area contributed by atoms with E-state index in [0.29, 0.717) is 22.8 Å². The van der Waals surface area contributed by atoms with Gasteiger partial charge in [-0.15, -0.1) is 0 Å². The van der Waals surface area contributed by atoms with E-state index >= 15 is 0 Å². The number of hydrogen-bond acceptors (Lipinski definition) is 2. The van der Waals surface area contributed by atoms with Gasteiger partial charge in [0.25, 0.3) is 0 Å². The van der Waals surface area contributed by atoms with Crippen LogP contribution in [-0.4, -0.2) is 9.78 Å². The van der Waals surface area contributed by atoms with Crippen molar-refractivity contribution in [3.63, 3.8) is 0 Å². The van der Waals surface area contributed by atoms with Gasteiger partial charge in [0, 0.05) is 16.8 Å². The number of anilines is 1. The molecule has 0 saturated heterocycles. The lowest BCUT2D eigenvalue weighted by molar-refractivity contribution is 0.585. The summed E-state index contributed by atoms with van der Waals surface area (Å²) in [5.74, 6) is -0.298. The smallest absolute Gasteiger partial charge is 0.128 e. The average Bonchev–Trinajstić information content (AvgIpc) is 2.58. The second-order valence-electron chi connectivity index (χ2n) is 3.21. The number of nitrogens with two attached hydrogens (primary N) is 1. The van der Waals surface area contributed by atoms with Crippen molar-refractivity contribution in [2.75, 3.05) is 5.73 Å². The van der Waals surface area contributed by atoms with Gasteiger partial charge < -0.3 is 5.73 Å². The summed E-state index contributed by atoms with van der Waals surface area (Å²) in [4.78, 5) is 0. The van der Waals surface area contributed by atoms with Crippen molar-refractivity contribution >= 4 is 17.3 Å². The van der Waals surface area contributed by atoms with E-state index in [9.17, 15) is 4.39 Å². The van der Waals surface area contributed by atoms with Crippen LogP contribution in [0.15, 0.2) is 30.6 Å². The molecule has 0 amide bonds. The third-order valence-electron chi connectivity index (χ3n) is 1.99. The first-order chi connectivity index (χ1) is 7.15. The summed E-state index contributed by atoms with van der Waals surface area (Å²) in [7, 11) is 0. The molecule has 0 spiro atoms. The highest BCUT2D eigenvalue weighted by molar-refractivity contribution is 6.30. The van der Waals surface area contributed by atoms with Gasteiger partial charge in [0.2, 0.25) is 0 Å². The molecular formula is C10H9ClFN3. The molecule has 2 aromatic rings. The highest BCUT2D eigenvalue weighted by Gasteiger charge is 2.04. The molecule has 78 valence electrons. The minimum absolute atomic E-state index is 0.298. The normalized spacial score (nSPS) is 10.5. The Morgan fingerprint density at radius 3 is 2.93 bits per heavy atom. The minimum Gasteiger partial charge on any atom is -0.396 e. The Kier molecular flexibility index (Phi) is 2.60. The fraction of sp³-hybridized carbons (Fsp3) is 0.100. The molecule has 0 bridgehead atoms. The van der Waals surface area contributed by atoms with Crippen LogP contribution < -0.4 is 5.73 Å². The molecule has 15 heavy (non-hydrogen) atoms. The van der Waals surface area contributed by atoms with E-state index in [1.54, 1.807) is 16.9 Å². The summed E-state index contributed by atoms with van der Waals surface area (Å²) < 4.78 is 14.9. The first-order valence-electron chi connectivity index (χ1n) is 4.37. The third kappa shape index (κ3) is 2.27. The fourth-order valence-electron chi connectivity index (χ4n) is 1.31. The van der Waals surface area contributed by atoms with Gasteiger partial charge >= 0.3 is 0 Å². The number of hydrogen-bond donors (Lipinski definition) is 1. The van der Waals surface area contributed by atoms with Gasteiger partial charge in [0.1, 0.15) is 5.82 Å². The molecule has 5 heteroatoms. The highest BCUT2D eigenvalue weighted by Crippen LogP contribution is 2.16. The Morgan fingerprint density at radius 1 is 1.47 bits per heavy atom. The molecule has 0 fully saturated rings. The Balaban J connectivity index is 2.27. The number of benzene rings is 1. The molecule has 3 nitrogen and oxygen atoms in total. The molecule has 0 radical (unpaired) electrons. The third-order valence-corrected chi connectivity index (χ3v) is 2.23. The summed E-state index contributed by atoms with van der Waals surface area (Å²) in [5, 5.41) is 4.47. The van der Waals surface area contributed by atoms with Crippen LogP contribution in [0.2, 0.25) is 5.02 Å². The molecule has 0 aliphatic carbocycles. The van der Waals surface area contributed by atoms with Gasteiger partial charge in [-0.2, -0.15) is 5.10 Å². The van der Waals surface area contributed by atoms with Gasteiger partial charge in [-0.3, -0.25) is 4.68 Å². The lowest BCUT2D eigenvalue weighted by Gasteiger charge is -2.03. The van der Waals surface area contributed by atoms with Gasteiger partial charge in [0.15, 0.2) is 0 Å². The van der Waals surface area contributed by atoms with E-state index in [4.69, 9.17) is 17.3 Å². The predicted octanol–water partition coefficient (Wildman–Crippen LogP) is 2.31. The zero-order chi connectivity index (χ0) is 10.8. The van der Waals surface area contributed by atoms with Crippen LogP contribution in [0.3, 0.4) is 0 Å². The summed E-state index contributed by atoms with van der Waals surface area (Å²) in [5.41, 5.74) is 6.54. The lowest BCUT2D eigenvalue weighted by Crippen LogP contribution is -2.02. The van der Waals surface area contributed by atoms with Crippen molar-refractivity contribution < 1.29 is 4.39 Å². The maximum Gasteiger partial charge on any atom is 0.128 e. The molecule has 1 heterocycles. The van der Waals surface area contributed by atoms with Crippen molar-refractivity contribution in [1.82, 2.24) is 9.78 Å². The molecule has 1 aromatic heterocycles. The van der Waals surface area contributed by atoms with Gasteiger partial charge in [-0.1, -0.05) is 11.6 Å². The average molecular weight is 226 g/mol. The number of nitrogen functional groups attached to an aromatic ring is 1. The maximum atomic E-state index is 13.3. The Bertz CT molecular complexity index is 481. The number of rotatable bonds is 2. The van der Waals surface area contributed by atoms with Crippen molar-refractivity contribution in [2.45, 2.75) is 6.54 Å². The lowest BCUT2D eigenvalue weighted by atomic mass is 10.2. The van der Waals surface area contributed by atoms with Gasteiger partial charge in [-0.05, 0) is 18.2 Å². The standard InChI is InChI=1S/C10H9ClFN3/c11-8-1-2-10(12)7(3-8)5-15-6-9(13)4-14-15/h1-4,6H,5,13H2. The zero-order valence-electron chi connectivity index (χ0n) is 7.82. The molecule has 0 aliphatic heterocycles. The van der Waals surface area contributed by atoms with Crippen LogP contribution in [0, 0.1) is 5.82 Å². The number of halogens is 2. The second-order valence-corrected chi connectivity index (χ2v) is 3.64. The predicted molar refractivity (Wildman–Crippen MR) is 57.2 cm³/mol. The largest absolute Gasteiger partial charge is 0.396 e. The second kappa shape index (κ2) is 3.90. The van der Waals surface area contributed by atoms with Gasteiger partial charge in [0.05, 0.1) is 18.4 Å². The van der Waals surface area contributed by atoms with Crippen LogP contribution in [-0.2, 0) is 6.54 Å². The van der Waals surface area contributed by atoms with E-state index in [1.807, 2.05) is 0 Å². The summed E-state index contributed by atoms with van der Waals surface area (Å²) >= 11 is 5.77. The molecule has 0 saturated carbocycles. The summed E-state index contributed by atoms with van der Waals surface area (Å²) in [6, 6.07) is 4.43. The van der Waals surface area contributed by atoms with Crippen molar-refractivity contribution in [3.05, 3.63) is 47.0 Å². The molecule has 0 atom stereocenters. The van der Waals surface area contributed by atoms with E-state index in [2.05, 4.69) is 5.10 Å². The number of nitrogens with zero attached hydrogens (tertiary/aromatic N) is 2. The quantitative estimate of drug-likeness (QED) is 0.853. The van der Waals surface area contributed by atoms with Crippen molar-refractivity contribution in [1.29, 1.82) is 0 Å². The van der Waals surface area contributed by atoms with Crippen LogP contribution in [0.5, 0.6) is 0 Å². The van der Waals surface area contributed by atoms with E-state index in [0.717, 1.165) is 0 Å². The monoisotopic (exact) mass is 225 g/mol. The van der Waals surface area contributed by atoms with E-state index < -0.39 is 0 Å². The molecule has 1 aromatic carbocycles. The molecule has 2 rings (SSSR count). The van der Waals surface area contributed by atoms with Crippen LogP contribution in [0.4, 0.5) is 10.1 Å². The zero-order valence-corrected chi connectivity index (χ0v) is 8.58. The van der Waals surface area contributed by atoms with Crippen LogP contribution in [0.25, 0.3) is 0 Å². The Hall–Kier alpha value is -1.55. The molecule has 2 N–H and O–H groups in total. The maximum absolute atomic E-state index is 13.3. The van der Waals surface area contributed by atoms with Gasteiger partial charge in [-0.25, -0.2) is 4.39 Å². The summed E-state index contributed by atoms with van der Waals surface area (Å²) in [6.45, 7) is 0.323. The first kappa shape index (κ1) is 9.98. The van der Waals surface area contributed by atoms with E-state index in [1.165, 1.54) is 18.3 Å². The van der Waals surface area contributed by atoms with Crippen LogP contribution >= 0.6 is 11.6 Å². The SMILES string of the molecule is Nc1cnn(Cc2cc(Cl)ccc2F)c1. The van der Waals surface area contributed by atoms with Crippen molar-refractivity contribution in [2.24, 2.45) is 0 Å². The Morgan fingerprint density at radius 2 is 2.27 bits per heavy atom. The minimum atomic E-state index is -0.298. The van der Waals surface area contributed by atoms with Crippen molar-refractivity contribution in [3.8, 4) is 0 Å². The Labute approximate surface area is 91.3 Å².